The molecular formula is C15H37N5Zr. The molecule has 0 N–H and O–H groups in total. The molecule has 0 spiro atoms. The van der Waals surface area contributed by atoms with Gasteiger partial charge < -0.3 is 26.2 Å². The molecule has 2 unspecified atom stereocenters. The molecule has 0 aliphatic rings. The van der Waals surface area contributed by atoms with Crippen molar-refractivity contribution in [2.45, 2.75) is 39.8 Å². The predicted octanol–water partition coefficient (Wildman–Crippen LogP) is 3.72. The maximum Gasteiger partial charge on any atom is 4.00 e. The van der Waals surface area contributed by atoms with Crippen LogP contribution in [-0.2, 0) is 26.2 Å². The Kier molecular flexibility index (Phi) is 36.2. The van der Waals surface area contributed by atoms with E-state index in [0.29, 0.717) is 12.1 Å². The monoisotopic (exact) mass is 377 g/mol. The molecule has 126 valence electrons. The third kappa shape index (κ3) is 33.5. The number of likely N-dealkylation sites (N-methyl/N-ethyl adjacent to an activating group) is 3. The third-order valence-electron chi connectivity index (χ3n) is 2.67. The van der Waals surface area contributed by atoms with Gasteiger partial charge in [-0.3, -0.25) is 0 Å². The molecule has 2 atom stereocenters. The van der Waals surface area contributed by atoms with Crippen LogP contribution in [0.5, 0.6) is 0 Å². The molecule has 0 saturated heterocycles. The van der Waals surface area contributed by atoms with E-state index >= 15 is 0 Å². The third-order valence-corrected chi connectivity index (χ3v) is 2.67. The fraction of sp³-hybridized carbons (Fsp3) is 1.00. The maximum absolute atomic E-state index is 4.19. The van der Waals surface area contributed by atoms with Crippen molar-refractivity contribution in [1.82, 2.24) is 4.90 Å². The van der Waals surface area contributed by atoms with E-state index in [1.165, 1.54) is 0 Å². The van der Waals surface area contributed by atoms with Crippen LogP contribution in [0.15, 0.2) is 0 Å². The average molecular weight is 379 g/mol. The summed E-state index contributed by atoms with van der Waals surface area (Å²) in [4.78, 5) is 2.27. The maximum atomic E-state index is 4.19. The van der Waals surface area contributed by atoms with Gasteiger partial charge in [0.1, 0.15) is 0 Å². The topological polar surface area (TPSA) is 59.6 Å². The molecule has 0 rings (SSSR count). The standard InChI is InChI=1S/C9H21N3.2C3H8N.Zr/c1-8(10-3)6-12(5)7-9(2)11-4;2*1-3-4-2;/h8-9H,6-7H2,1-5H3;2*3H2,1-2H3;/q-2;2*-1;+4. The normalized spacial score (nSPS) is 12.3. The summed E-state index contributed by atoms with van der Waals surface area (Å²) in [5.41, 5.74) is 0. The molecule has 0 aliphatic heterocycles. The first-order valence-electron chi connectivity index (χ1n) is 7.40. The van der Waals surface area contributed by atoms with Crippen molar-refractivity contribution < 1.29 is 26.2 Å². The Bertz CT molecular complexity index is 141. The second-order valence-corrected chi connectivity index (χ2v) is 4.70. The Morgan fingerprint density at radius 3 is 1.14 bits per heavy atom. The van der Waals surface area contributed by atoms with E-state index < -0.39 is 0 Å². The summed E-state index contributed by atoms with van der Waals surface area (Å²) in [6.45, 7) is 12.2. The molecule has 0 fully saturated rings. The van der Waals surface area contributed by atoms with Crippen LogP contribution in [-0.4, -0.2) is 78.4 Å². The fourth-order valence-corrected chi connectivity index (χ4v) is 1.14. The first kappa shape index (κ1) is 29.7. The van der Waals surface area contributed by atoms with E-state index in [9.17, 15) is 0 Å². The fourth-order valence-electron chi connectivity index (χ4n) is 1.14. The van der Waals surface area contributed by atoms with Crippen LogP contribution in [0.3, 0.4) is 0 Å². The quantitative estimate of drug-likeness (QED) is 0.635. The molecule has 0 aliphatic carbocycles. The van der Waals surface area contributed by atoms with Gasteiger partial charge in [0.25, 0.3) is 0 Å². The van der Waals surface area contributed by atoms with E-state index in [-0.39, 0.29) is 26.2 Å². The zero-order valence-corrected chi connectivity index (χ0v) is 18.2. The molecule has 6 heteroatoms. The van der Waals surface area contributed by atoms with Crippen LogP contribution >= 0.6 is 0 Å². The van der Waals surface area contributed by atoms with Crippen LogP contribution in [0, 0.1) is 0 Å². The van der Waals surface area contributed by atoms with Crippen LogP contribution in [0.2, 0.25) is 0 Å². The summed E-state index contributed by atoms with van der Waals surface area (Å²) in [7, 11) is 9.46. The minimum absolute atomic E-state index is 0. The molecule has 0 heterocycles. The Labute approximate surface area is 153 Å². The minimum Gasteiger partial charge on any atom is -0.665 e. The van der Waals surface area contributed by atoms with Gasteiger partial charge in [0.05, 0.1) is 0 Å². The van der Waals surface area contributed by atoms with Crippen LogP contribution in [0.4, 0.5) is 0 Å². The van der Waals surface area contributed by atoms with E-state index in [2.05, 4.69) is 47.1 Å². The smallest absolute Gasteiger partial charge is 0.665 e. The Morgan fingerprint density at radius 1 is 0.762 bits per heavy atom. The van der Waals surface area contributed by atoms with E-state index in [0.717, 1.165) is 26.2 Å². The number of hydrogen-bond donors (Lipinski definition) is 0. The van der Waals surface area contributed by atoms with Crippen molar-refractivity contribution in [3.8, 4) is 0 Å². The van der Waals surface area contributed by atoms with Crippen molar-refractivity contribution >= 4 is 0 Å². The molecule has 0 aromatic heterocycles. The van der Waals surface area contributed by atoms with Crippen molar-refractivity contribution in [2.75, 3.05) is 61.4 Å². The number of hydrogen-bond acceptors (Lipinski definition) is 1. The molecular weight excluding hydrogens is 341 g/mol. The summed E-state index contributed by atoms with van der Waals surface area (Å²) in [6.07, 6.45) is 0. The van der Waals surface area contributed by atoms with Gasteiger partial charge in [-0.15, -0.1) is 12.1 Å². The minimum atomic E-state index is 0. The Balaban J connectivity index is -0.000000134. The summed E-state index contributed by atoms with van der Waals surface area (Å²) in [5, 5.41) is 15.9. The number of rotatable bonds is 8. The van der Waals surface area contributed by atoms with Gasteiger partial charge in [0.2, 0.25) is 0 Å². The van der Waals surface area contributed by atoms with Gasteiger partial charge in [-0.2, -0.15) is 41.3 Å². The number of nitrogens with zero attached hydrogens (tertiary/aromatic N) is 5. The molecule has 0 amide bonds. The van der Waals surface area contributed by atoms with E-state index in [4.69, 9.17) is 0 Å². The molecule has 5 nitrogen and oxygen atoms in total. The summed E-state index contributed by atoms with van der Waals surface area (Å²) >= 11 is 0. The van der Waals surface area contributed by atoms with Crippen LogP contribution in [0.25, 0.3) is 21.3 Å². The van der Waals surface area contributed by atoms with Crippen LogP contribution < -0.4 is 0 Å². The van der Waals surface area contributed by atoms with Crippen molar-refractivity contribution in [3.05, 3.63) is 21.3 Å². The van der Waals surface area contributed by atoms with Gasteiger partial charge in [-0.25, -0.2) is 0 Å². The van der Waals surface area contributed by atoms with E-state index in [1.54, 1.807) is 14.1 Å². The van der Waals surface area contributed by atoms with Gasteiger partial charge in [0.15, 0.2) is 0 Å². The van der Waals surface area contributed by atoms with Gasteiger partial charge in [-0.05, 0) is 20.1 Å². The zero-order chi connectivity index (χ0) is 16.4. The van der Waals surface area contributed by atoms with Gasteiger partial charge >= 0.3 is 26.2 Å². The van der Waals surface area contributed by atoms with Crippen molar-refractivity contribution in [1.29, 1.82) is 0 Å². The molecule has 0 aromatic rings. The largest absolute Gasteiger partial charge is 4.00 e. The Morgan fingerprint density at radius 2 is 1.00 bits per heavy atom. The average Bonchev–Trinajstić information content (AvgIpc) is 2.47. The molecule has 0 radical (unpaired) electrons. The predicted molar refractivity (Wildman–Crippen MR) is 94.6 cm³/mol. The SMILES string of the molecule is CC[N-]C.CC[N-]C.C[N-]C(C)CN(C)CC(C)[N-]C.[Zr+4]. The molecule has 0 bridgehead atoms. The van der Waals surface area contributed by atoms with E-state index in [1.807, 2.05) is 27.9 Å². The molecule has 0 saturated carbocycles. The first-order chi connectivity index (χ1) is 9.42. The summed E-state index contributed by atoms with van der Waals surface area (Å²) < 4.78 is 0. The summed E-state index contributed by atoms with van der Waals surface area (Å²) in [6, 6.07) is 0.859. The van der Waals surface area contributed by atoms with Crippen LogP contribution in [0.1, 0.15) is 27.7 Å². The van der Waals surface area contributed by atoms with Gasteiger partial charge in [-0.1, -0.05) is 27.7 Å². The van der Waals surface area contributed by atoms with Crippen molar-refractivity contribution in [2.24, 2.45) is 0 Å². The zero-order valence-electron chi connectivity index (χ0n) is 15.7. The first-order valence-corrected chi connectivity index (χ1v) is 7.40. The van der Waals surface area contributed by atoms with Crippen molar-refractivity contribution in [3.63, 3.8) is 0 Å². The second kappa shape index (κ2) is 25.6. The molecule has 0 aromatic carbocycles. The summed E-state index contributed by atoms with van der Waals surface area (Å²) in [5.74, 6) is 0. The second-order valence-electron chi connectivity index (χ2n) is 4.70. The molecule has 21 heavy (non-hydrogen) atoms. The Hall–Kier alpha value is 0.683. The van der Waals surface area contributed by atoms with Gasteiger partial charge in [0, 0.05) is 0 Å².